The number of amides is 4. The lowest BCUT2D eigenvalue weighted by molar-refractivity contribution is 0.101. The van der Waals surface area contributed by atoms with Crippen LogP contribution in [0.25, 0.3) is 88.1 Å². The molecule has 748 valence electrons. The molecule has 0 saturated carbocycles. The van der Waals surface area contributed by atoms with E-state index in [1.54, 1.807) is 12.4 Å². The molecule has 0 bridgehead atoms. The highest BCUT2D eigenvalue weighted by Gasteiger charge is 2.27. The third-order valence-electron chi connectivity index (χ3n) is 29.1. The summed E-state index contributed by atoms with van der Waals surface area (Å²) in [6.07, 6.45) is 35.4. The van der Waals surface area contributed by atoms with E-state index < -0.39 is 0 Å². The average Bonchev–Trinajstić information content (AvgIpc) is 1.65. The van der Waals surface area contributed by atoms with Crippen molar-refractivity contribution in [1.29, 1.82) is 0 Å². The van der Waals surface area contributed by atoms with E-state index in [-0.39, 0.29) is 23.6 Å². The Hall–Kier alpha value is -14.7. The van der Waals surface area contributed by atoms with Crippen LogP contribution in [0.2, 0.25) is 0 Å². The van der Waals surface area contributed by atoms with Gasteiger partial charge in [0.25, 0.3) is 23.6 Å². The number of H-pyrrole nitrogens is 4. The average molecular weight is 1960 g/mol. The van der Waals surface area contributed by atoms with Gasteiger partial charge in [0.05, 0.1) is 59.0 Å². The van der Waals surface area contributed by atoms with Crippen molar-refractivity contribution in [2.45, 2.75) is 123 Å². The first-order chi connectivity index (χ1) is 71.8. The molecule has 0 spiro atoms. The maximum Gasteiger partial charge on any atom is 0.276 e. The number of carbonyl (C=O) groups is 4. The molecule has 8 saturated heterocycles. The molecule has 146 heavy (non-hydrogen) atoms. The Labute approximate surface area is 850 Å². The predicted octanol–water partition coefficient (Wildman–Crippen LogP) is 17.9. The monoisotopic (exact) mass is 1950 g/mol. The van der Waals surface area contributed by atoms with Gasteiger partial charge < -0.3 is 40.7 Å². The Balaban J connectivity index is 0.000000114. The van der Waals surface area contributed by atoms with Crippen molar-refractivity contribution >= 4 is 102 Å². The molecule has 4 amide bonds. The van der Waals surface area contributed by atoms with Crippen molar-refractivity contribution in [3.8, 4) is 44.5 Å². The van der Waals surface area contributed by atoms with Gasteiger partial charge in [-0.3, -0.25) is 88.9 Å². The van der Waals surface area contributed by atoms with Crippen molar-refractivity contribution in [2.75, 3.05) is 169 Å². The van der Waals surface area contributed by atoms with Crippen molar-refractivity contribution in [3.05, 3.63) is 288 Å². The van der Waals surface area contributed by atoms with Crippen LogP contribution >= 0.6 is 0 Å². The van der Waals surface area contributed by atoms with Gasteiger partial charge in [0.2, 0.25) is 0 Å². The second kappa shape index (κ2) is 46.5. The molecule has 0 unspecified atom stereocenters. The molecule has 8 N–H and O–H groups in total. The maximum atomic E-state index is 13.2. The summed E-state index contributed by atoms with van der Waals surface area (Å²) in [4.78, 5) is 101. The van der Waals surface area contributed by atoms with Crippen molar-refractivity contribution in [2.24, 2.45) is 0 Å². The van der Waals surface area contributed by atoms with Crippen LogP contribution in [0.1, 0.15) is 159 Å². The summed E-state index contributed by atoms with van der Waals surface area (Å²) in [5.41, 5.74) is 23.3. The zero-order valence-electron chi connectivity index (χ0n) is 83.1. The number of hydrogen-bond donors (Lipinski definition) is 8. The number of carbonyl (C=O) groups excluding carboxylic acids is 4. The summed E-state index contributed by atoms with van der Waals surface area (Å²) in [5.74, 6) is 0.839. The van der Waals surface area contributed by atoms with Gasteiger partial charge in [-0.05, 0) is 340 Å². The molecule has 8 aliphatic rings. The van der Waals surface area contributed by atoms with E-state index in [0.29, 0.717) is 47.4 Å². The number of piperidine rings is 1. The Morgan fingerprint density at radius 1 is 0.260 bits per heavy atom. The van der Waals surface area contributed by atoms with Crippen LogP contribution < -0.4 is 31.1 Å². The number of anilines is 6. The third-order valence-corrected chi connectivity index (χ3v) is 29.1. The van der Waals surface area contributed by atoms with Gasteiger partial charge in [0, 0.05) is 183 Å². The summed E-state index contributed by atoms with van der Waals surface area (Å²) in [6.45, 7) is 26.5. The maximum absolute atomic E-state index is 13.2. The lowest BCUT2D eigenvalue weighted by Crippen LogP contribution is -2.44. The lowest BCUT2D eigenvalue weighted by Gasteiger charge is -2.33. The number of aromatic amines is 4. The topological polar surface area (TPSA) is 347 Å². The van der Waals surface area contributed by atoms with Crippen LogP contribution in [0, 0.1) is 0 Å². The Bertz CT molecular complexity index is 7160. The minimum absolute atomic E-state index is 0.215. The molecule has 8 fully saturated rings. The van der Waals surface area contributed by atoms with Gasteiger partial charge in [0.1, 0.15) is 11.6 Å². The van der Waals surface area contributed by atoms with E-state index in [2.05, 4.69) is 204 Å². The number of aromatic nitrogens is 14. The first-order valence-electron chi connectivity index (χ1n) is 51.9. The molecule has 18 heterocycles. The van der Waals surface area contributed by atoms with Crippen molar-refractivity contribution in [3.63, 3.8) is 0 Å². The van der Waals surface area contributed by atoms with Gasteiger partial charge in [-0.25, -0.2) is 9.97 Å². The molecule has 0 atom stereocenters. The first-order valence-corrected chi connectivity index (χ1v) is 51.9. The number of rotatable bonds is 26. The van der Waals surface area contributed by atoms with Gasteiger partial charge in [-0.15, -0.1) is 0 Å². The molecule has 0 aliphatic carbocycles. The fourth-order valence-corrected chi connectivity index (χ4v) is 21.0. The molecule has 32 heteroatoms. The van der Waals surface area contributed by atoms with Crippen LogP contribution in [0.4, 0.5) is 34.4 Å². The minimum atomic E-state index is -0.278. The highest BCUT2D eigenvalue weighted by atomic mass is 16.5. The quantitative estimate of drug-likeness (QED) is 0.0250. The van der Waals surface area contributed by atoms with Gasteiger partial charge in [-0.2, -0.15) is 20.4 Å². The van der Waals surface area contributed by atoms with Crippen molar-refractivity contribution in [1.82, 2.24) is 105 Å². The summed E-state index contributed by atoms with van der Waals surface area (Å²) in [5, 5.41) is 44.4. The SMILES string of the molecule is CN1CCN(c2ccc(NC(=O)c3n[nH]c4ccc(-c5cncc(CN6CCCC6)c5)cc34)cn2)CC1.O=C(Nc1ccc(CN2CCCC2)cc1)c1n[nH]c2ccc(-c3cncc(CN4CCCC4)c3)cc12.O=C(Nc1ccc(CN2CCCCC2)cc1)c1n[nH]c2ccc(-c3cncc(CN4CCCC4)c3)cc12.O=C(Nc1ccc(N2CCOCC2)nc1)c1n[nH]c2ccc(-c3cncc(CN4CCCC4)c3)cc12. The number of nitrogens with zero attached hydrogens (tertiary/aromatic N) is 19. The van der Waals surface area contributed by atoms with E-state index in [0.717, 1.165) is 242 Å². The molecule has 32 nitrogen and oxygen atoms in total. The van der Waals surface area contributed by atoms with Crippen LogP contribution in [0.5, 0.6) is 0 Å². The molecule has 16 aromatic rings. The summed E-state index contributed by atoms with van der Waals surface area (Å²) < 4.78 is 5.40. The second-order valence-corrected chi connectivity index (χ2v) is 39.8. The minimum Gasteiger partial charge on any atom is -0.378 e. The number of ether oxygens (including phenoxy) is 1. The molecule has 6 aromatic carbocycles. The number of fused-ring (bicyclic) bond motifs is 4. The van der Waals surface area contributed by atoms with Gasteiger partial charge >= 0.3 is 0 Å². The number of morpholine rings is 1. The Kier molecular flexibility index (Phi) is 31.0. The number of likely N-dealkylation sites (N-methyl/N-ethyl adjacent to an activating group) is 1. The summed E-state index contributed by atoms with van der Waals surface area (Å²) in [6, 6.07) is 56.9. The standard InChI is InChI=1S/C30H34N6O.C29H32N6O.C28H32N8O.C27H29N7O2/c37-30(32-26-9-6-22(7-10-26)20-35-12-2-1-3-13-35)29-27-17-24(8-11-28(27)33-34-29)25-16-23(18-31-19-25)21-36-14-4-5-15-36;36-29(31-25-8-5-21(6-9-25)19-34-11-1-2-12-34)28-26-16-23(7-10-27(26)32-33-28)24-15-22(17-30-18-24)20-35-13-3-4-14-35;1-34-10-12-36(13-11-34)26-7-5-23(18-30-26)31-28(37)27-24-15-21(4-6-25(24)32-33-27)22-14-20(16-29-17-22)19-35-8-2-3-9-35;35-27(30-22-4-6-25(29-17-22)34-9-11-36-12-10-34)26-23-14-20(3-5-24(23)31-32-26)21-13-19(15-28-16-21)18-33-7-1-2-8-33/h6-11,16-19H,1-5,12-15,20-21H2,(H,32,37)(H,33,34);5-10,15-18H,1-4,11-14,19-20H2,(H,31,36)(H,32,33);4-7,14-18H,2-3,8-13,19H2,1H3,(H,31,37)(H,32,33);3-6,13-17H,1-2,7-12,18H2,(H,30,35)(H,31,32). The second-order valence-electron chi connectivity index (χ2n) is 39.8. The number of pyridine rings is 6. The fraction of sp³-hybridized carbons (Fsp3) is 0.351. The number of nitrogens with one attached hydrogen (secondary N) is 8. The smallest absolute Gasteiger partial charge is 0.276 e. The van der Waals surface area contributed by atoms with E-state index in [9.17, 15) is 19.2 Å². The number of piperazine rings is 1. The van der Waals surface area contributed by atoms with Crippen LogP contribution in [0.3, 0.4) is 0 Å². The number of likely N-dealkylation sites (tertiary alicyclic amines) is 6. The van der Waals surface area contributed by atoms with Crippen LogP contribution in [-0.4, -0.2) is 267 Å². The van der Waals surface area contributed by atoms with E-state index in [4.69, 9.17) is 4.74 Å². The normalized spacial score (nSPS) is 16.7. The molecule has 0 radical (unpaired) electrons. The zero-order chi connectivity index (χ0) is 98.9. The summed E-state index contributed by atoms with van der Waals surface area (Å²) in [7, 11) is 2.13. The Morgan fingerprint density at radius 3 is 0.801 bits per heavy atom. The zero-order valence-corrected chi connectivity index (χ0v) is 83.1. The fourth-order valence-electron chi connectivity index (χ4n) is 21.0. The number of hydrogen-bond acceptors (Lipinski definition) is 24. The van der Waals surface area contributed by atoms with E-state index in [1.165, 1.54) is 143 Å². The van der Waals surface area contributed by atoms with E-state index in [1.807, 2.05) is 159 Å². The predicted molar refractivity (Wildman–Crippen MR) is 575 cm³/mol. The molecular weight excluding hydrogens is 1830 g/mol. The highest BCUT2D eigenvalue weighted by molar-refractivity contribution is 6.15. The van der Waals surface area contributed by atoms with Crippen molar-refractivity contribution < 1.29 is 23.9 Å². The Morgan fingerprint density at radius 2 is 0.521 bits per heavy atom. The van der Waals surface area contributed by atoms with Gasteiger partial charge in [0.15, 0.2) is 22.8 Å². The number of benzene rings is 6. The van der Waals surface area contributed by atoms with E-state index >= 15 is 0 Å². The largest absolute Gasteiger partial charge is 0.378 e. The molecule has 10 aromatic heterocycles. The molecular formula is C114H127N27O5. The van der Waals surface area contributed by atoms with Crippen LogP contribution in [-0.2, 0) is 44.0 Å². The highest BCUT2D eigenvalue weighted by Crippen LogP contribution is 2.35. The first kappa shape index (κ1) is 97.3. The molecule has 8 aliphatic heterocycles. The molecule has 24 rings (SSSR count). The van der Waals surface area contributed by atoms with Gasteiger partial charge in [-0.1, -0.05) is 55.0 Å². The summed E-state index contributed by atoms with van der Waals surface area (Å²) >= 11 is 0. The van der Waals surface area contributed by atoms with Crippen LogP contribution in [0.15, 0.2) is 232 Å². The lowest BCUT2D eigenvalue weighted by atomic mass is 10.0. The third kappa shape index (κ3) is 24.6.